The van der Waals surface area contributed by atoms with Gasteiger partial charge in [0.15, 0.2) is 0 Å². The molecule has 0 aliphatic carbocycles. The Morgan fingerprint density at radius 1 is 1.15 bits per heavy atom. The summed E-state index contributed by atoms with van der Waals surface area (Å²) >= 11 is 0. The molecule has 110 valence electrons. The molecule has 5 heteroatoms. The molecule has 1 heterocycles. The highest BCUT2D eigenvalue weighted by molar-refractivity contribution is 5.93. The van der Waals surface area contributed by atoms with Crippen LogP contribution in [0.2, 0.25) is 0 Å². The second-order valence-corrected chi connectivity index (χ2v) is 5.56. The zero-order valence-corrected chi connectivity index (χ0v) is 12.5. The standard InChI is InChI=1S/C15H24N4O/c1-12(2)16-15(20)17-13-6-4-5-7-14(13)19-10-8-18(3)9-11-19/h4-7,12H,8-11H2,1-3H3,(H2,16,17,20). The third-order valence-electron chi connectivity index (χ3n) is 3.42. The number of likely N-dealkylation sites (N-methyl/N-ethyl adjacent to an activating group) is 1. The van der Waals surface area contributed by atoms with E-state index in [1.54, 1.807) is 0 Å². The van der Waals surface area contributed by atoms with Gasteiger partial charge < -0.3 is 20.4 Å². The van der Waals surface area contributed by atoms with Gasteiger partial charge in [0, 0.05) is 32.2 Å². The number of piperazine rings is 1. The van der Waals surface area contributed by atoms with Crippen molar-refractivity contribution in [3.8, 4) is 0 Å². The van der Waals surface area contributed by atoms with Crippen molar-refractivity contribution in [3.05, 3.63) is 24.3 Å². The summed E-state index contributed by atoms with van der Waals surface area (Å²) in [6.07, 6.45) is 0. The SMILES string of the molecule is CC(C)NC(=O)Nc1ccccc1N1CCN(C)CC1. The number of benzene rings is 1. The number of hydrogen-bond acceptors (Lipinski definition) is 3. The number of para-hydroxylation sites is 2. The van der Waals surface area contributed by atoms with Crippen LogP contribution in [0.1, 0.15) is 13.8 Å². The Labute approximate surface area is 120 Å². The number of anilines is 2. The van der Waals surface area contributed by atoms with E-state index in [1.807, 2.05) is 32.0 Å². The average Bonchev–Trinajstić information content (AvgIpc) is 2.39. The van der Waals surface area contributed by atoms with Crippen LogP contribution >= 0.6 is 0 Å². The van der Waals surface area contributed by atoms with Crippen LogP contribution < -0.4 is 15.5 Å². The Morgan fingerprint density at radius 2 is 1.80 bits per heavy atom. The molecule has 2 amide bonds. The molecule has 1 aliphatic rings. The van der Waals surface area contributed by atoms with Gasteiger partial charge in [0.1, 0.15) is 0 Å². The highest BCUT2D eigenvalue weighted by Gasteiger charge is 2.17. The molecule has 2 rings (SSSR count). The summed E-state index contributed by atoms with van der Waals surface area (Å²) in [4.78, 5) is 16.5. The van der Waals surface area contributed by atoms with Crippen LogP contribution in [0.3, 0.4) is 0 Å². The molecule has 0 bridgehead atoms. The topological polar surface area (TPSA) is 47.6 Å². The van der Waals surface area contributed by atoms with Crippen LogP contribution in [0.15, 0.2) is 24.3 Å². The van der Waals surface area contributed by atoms with Gasteiger partial charge in [0.2, 0.25) is 0 Å². The second kappa shape index (κ2) is 6.61. The van der Waals surface area contributed by atoms with Crippen molar-refractivity contribution >= 4 is 17.4 Å². The van der Waals surface area contributed by atoms with Crippen molar-refractivity contribution in [2.45, 2.75) is 19.9 Å². The van der Waals surface area contributed by atoms with Crippen LogP contribution in [0.25, 0.3) is 0 Å². The minimum absolute atomic E-state index is 0.130. The molecule has 0 atom stereocenters. The lowest BCUT2D eigenvalue weighted by molar-refractivity contribution is 0.250. The molecule has 0 aromatic heterocycles. The summed E-state index contributed by atoms with van der Waals surface area (Å²) < 4.78 is 0. The first-order valence-electron chi connectivity index (χ1n) is 7.16. The molecule has 0 unspecified atom stereocenters. The van der Waals surface area contributed by atoms with Crippen molar-refractivity contribution in [3.63, 3.8) is 0 Å². The van der Waals surface area contributed by atoms with Crippen LogP contribution in [-0.4, -0.2) is 50.2 Å². The molecule has 1 fully saturated rings. The van der Waals surface area contributed by atoms with Crippen LogP contribution in [0, 0.1) is 0 Å². The second-order valence-electron chi connectivity index (χ2n) is 5.56. The lowest BCUT2D eigenvalue weighted by atomic mass is 10.2. The number of carbonyl (C=O) groups is 1. The lowest BCUT2D eigenvalue weighted by Gasteiger charge is -2.35. The summed E-state index contributed by atoms with van der Waals surface area (Å²) in [6, 6.07) is 7.96. The van der Waals surface area contributed by atoms with Crippen molar-refractivity contribution in [1.29, 1.82) is 0 Å². The van der Waals surface area contributed by atoms with E-state index in [0.29, 0.717) is 0 Å². The van der Waals surface area contributed by atoms with Crippen molar-refractivity contribution in [1.82, 2.24) is 10.2 Å². The molecule has 0 spiro atoms. The van der Waals surface area contributed by atoms with Crippen LogP contribution in [0.4, 0.5) is 16.2 Å². The maximum absolute atomic E-state index is 11.9. The van der Waals surface area contributed by atoms with E-state index in [2.05, 4.69) is 33.5 Å². The summed E-state index contributed by atoms with van der Waals surface area (Å²) in [6.45, 7) is 7.97. The van der Waals surface area contributed by atoms with Gasteiger partial charge in [-0.05, 0) is 33.0 Å². The fourth-order valence-corrected chi connectivity index (χ4v) is 2.32. The molecule has 5 nitrogen and oxygen atoms in total. The number of hydrogen-bond donors (Lipinski definition) is 2. The van der Waals surface area contributed by atoms with Crippen LogP contribution in [0.5, 0.6) is 0 Å². The highest BCUT2D eigenvalue weighted by Crippen LogP contribution is 2.26. The molecule has 2 N–H and O–H groups in total. The fraction of sp³-hybridized carbons (Fsp3) is 0.533. The molecule has 0 saturated carbocycles. The number of nitrogens with one attached hydrogen (secondary N) is 2. The van der Waals surface area contributed by atoms with E-state index in [4.69, 9.17) is 0 Å². The summed E-state index contributed by atoms with van der Waals surface area (Å²) in [5.41, 5.74) is 1.97. The van der Waals surface area contributed by atoms with Crippen molar-refractivity contribution in [2.75, 3.05) is 43.4 Å². The highest BCUT2D eigenvalue weighted by atomic mass is 16.2. The van der Waals surface area contributed by atoms with Gasteiger partial charge in [-0.2, -0.15) is 0 Å². The summed E-state index contributed by atoms with van der Waals surface area (Å²) in [5.74, 6) is 0. The van der Waals surface area contributed by atoms with Gasteiger partial charge in [-0.1, -0.05) is 12.1 Å². The molecule has 1 saturated heterocycles. The molecular weight excluding hydrogens is 252 g/mol. The van der Waals surface area contributed by atoms with Gasteiger partial charge in [-0.25, -0.2) is 4.79 Å². The molecule has 20 heavy (non-hydrogen) atoms. The van der Waals surface area contributed by atoms with Crippen molar-refractivity contribution in [2.24, 2.45) is 0 Å². The predicted molar refractivity (Wildman–Crippen MR) is 83.4 cm³/mol. The van der Waals surface area contributed by atoms with E-state index in [1.165, 1.54) is 0 Å². The van der Waals surface area contributed by atoms with Gasteiger partial charge >= 0.3 is 6.03 Å². The minimum atomic E-state index is -0.151. The Balaban J connectivity index is 2.08. The smallest absolute Gasteiger partial charge is 0.319 e. The first-order chi connectivity index (χ1) is 9.56. The zero-order valence-electron chi connectivity index (χ0n) is 12.5. The van der Waals surface area contributed by atoms with E-state index >= 15 is 0 Å². The molecule has 1 aromatic rings. The average molecular weight is 276 g/mol. The van der Waals surface area contributed by atoms with Crippen LogP contribution in [-0.2, 0) is 0 Å². The Morgan fingerprint density at radius 3 is 2.45 bits per heavy atom. The quantitative estimate of drug-likeness (QED) is 0.887. The third-order valence-corrected chi connectivity index (χ3v) is 3.42. The summed E-state index contributed by atoms with van der Waals surface area (Å²) in [7, 11) is 2.14. The van der Waals surface area contributed by atoms with Gasteiger partial charge in [-0.15, -0.1) is 0 Å². The zero-order chi connectivity index (χ0) is 14.5. The first kappa shape index (κ1) is 14.7. The Hall–Kier alpha value is -1.75. The Bertz CT molecular complexity index is 453. The number of nitrogens with zero attached hydrogens (tertiary/aromatic N) is 2. The van der Waals surface area contributed by atoms with E-state index in [-0.39, 0.29) is 12.1 Å². The maximum Gasteiger partial charge on any atom is 0.319 e. The monoisotopic (exact) mass is 276 g/mol. The number of rotatable bonds is 3. The van der Waals surface area contributed by atoms with Gasteiger partial charge in [0.05, 0.1) is 11.4 Å². The van der Waals surface area contributed by atoms with E-state index in [9.17, 15) is 4.79 Å². The lowest BCUT2D eigenvalue weighted by Crippen LogP contribution is -2.45. The first-order valence-corrected chi connectivity index (χ1v) is 7.16. The Kier molecular flexibility index (Phi) is 4.84. The van der Waals surface area contributed by atoms with Crippen molar-refractivity contribution < 1.29 is 4.79 Å². The summed E-state index contributed by atoms with van der Waals surface area (Å²) in [5, 5.41) is 5.80. The molecular formula is C15H24N4O. The maximum atomic E-state index is 11.9. The van der Waals surface area contributed by atoms with Gasteiger partial charge in [0.25, 0.3) is 0 Å². The number of urea groups is 1. The molecule has 0 radical (unpaired) electrons. The minimum Gasteiger partial charge on any atom is -0.367 e. The van der Waals surface area contributed by atoms with E-state index in [0.717, 1.165) is 37.6 Å². The normalized spacial score (nSPS) is 16.3. The fourth-order valence-electron chi connectivity index (χ4n) is 2.32. The number of carbonyl (C=O) groups excluding carboxylic acids is 1. The molecule has 1 aromatic carbocycles. The number of amides is 2. The van der Waals surface area contributed by atoms with Gasteiger partial charge in [-0.3, -0.25) is 0 Å². The third kappa shape index (κ3) is 3.87. The van der Waals surface area contributed by atoms with E-state index < -0.39 is 0 Å². The predicted octanol–water partition coefficient (Wildman–Crippen LogP) is 1.97. The largest absolute Gasteiger partial charge is 0.367 e. The molecule has 1 aliphatic heterocycles.